The van der Waals surface area contributed by atoms with E-state index in [1.807, 2.05) is 24.3 Å². The standard InChI is InChI=1S/C54H48N2O4/c1-39-33-49(57-35-51-37-59-51)29-31-53(39)55(45-9-5-3-6-10-45)47-25-21-43(22-26-47)19-17-41-13-15-42(16-14-41)18-20-44-23-27-48(28-24-44)56(46-11-7-4-8-12-46)54-32-30-50(34-40(54)2)58-36-52-38-60-52/h3-34,51-52H,35-38H2,1-2H3/b19-17+,20-18+. The first kappa shape index (κ1) is 38.6. The number of hydrogen-bond donors (Lipinski definition) is 0. The third kappa shape index (κ3) is 9.70. The predicted molar refractivity (Wildman–Crippen MR) is 246 cm³/mol. The van der Waals surface area contributed by atoms with Gasteiger partial charge in [-0.1, -0.05) is 109 Å². The van der Waals surface area contributed by atoms with Gasteiger partial charge in [0.2, 0.25) is 0 Å². The molecule has 7 aromatic rings. The zero-order chi connectivity index (χ0) is 40.7. The average Bonchev–Trinajstić information content (AvgIpc) is 4.24. The lowest BCUT2D eigenvalue weighted by molar-refractivity contribution is 0.263. The minimum Gasteiger partial charge on any atom is -0.491 e. The van der Waals surface area contributed by atoms with Crippen LogP contribution in [0.25, 0.3) is 24.3 Å². The summed E-state index contributed by atoms with van der Waals surface area (Å²) in [6, 6.07) is 59.6. The van der Waals surface area contributed by atoms with Crippen LogP contribution in [0, 0.1) is 13.8 Å². The number of epoxide rings is 2. The molecule has 0 amide bonds. The van der Waals surface area contributed by atoms with Gasteiger partial charge in [-0.3, -0.25) is 0 Å². The average molecular weight is 789 g/mol. The quantitative estimate of drug-likeness (QED) is 0.0718. The van der Waals surface area contributed by atoms with Crippen LogP contribution >= 0.6 is 0 Å². The van der Waals surface area contributed by atoms with E-state index in [-0.39, 0.29) is 12.2 Å². The van der Waals surface area contributed by atoms with Gasteiger partial charge in [-0.05, 0) is 132 Å². The summed E-state index contributed by atoms with van der Waals surface area (Å²) in [4.78, 5) is 4.58. The van der Waals surface area contributed by atoms with Crippen molar-refractivity contribution in [3.05, 3.63) is 203 Å². The molecule has 0 radical (unpaired) electrons. The van der Waals surface area contributed by atoms with E-state index in [9.17, 15) is 0 Å². The van der Waals surface area contributed by atoms with Crippen molar-refractivity contribution in [3.63, 3.8) is 0 Å². The Balaban J connectivity index is 0.853. The molecule has 2 saturated heterocycles. The molecule has 2 aliphatic heterocycles. The van der Waals surface area contributed by atoms with Crippen molar-refractivity contribution in [2.75, 3.05) is 36.2 Å². The molecule has 2 unspecified atom stereocenters. The molecule has 2 fully saturated rings. The molecule has 0 aromatic heterocycles. The maximum atomic E-state index is 5.96. The summed E-state index contributed by atoms with van der Waals surface area (Å²) in [6.45, 7) is 7.02. The fourth-order valence-electron chi connectivity index (χ4n) is 7.22. The van der Waals surface area contributed by atoms with E-state index in [4.69, 9.17) is 18.9 Å². The lowest BCUT2D eigenvalue weighted by Gasteiger charge is -2.27. The van der Waals surface area contributed by atoms with Gasteiger partial charge in [0, 0.05) is 34.1 Å². The van der Waals surface area contributed by atoms with Crippen LogP contribution in [0.5, 0.6) is 11.5 Å². The Morgan fingerprint density at radius 2 is 0.750 bits per heavy atom. The molecule has 2 atom stereocenters. The SMILES string of the molecule is Cc1cc(OCC2CO2)ccc1N(c1ccccc1)c1ccc(/C=C/c2ccc(/C=C/c3ccc(N(c4ccccc4)c4ccc(OCC5CO5)cc4C)cc3)cc2)cc1. The lowest BCUT2D eigenvalue weighted by Crippen LogP contribution is -2.11. The van der Waals surface area contributed by atoms with Gasteiger partial charge in [0.15, 0.2) is 0 Å². The first-order valence-corrected chi connectivity index (χ1v) is 20.6. The second kappa shape index (κ2) is 18.0. The molecule has 2 heterocycles. The van der Waals surface area contributed by atoms with Crippen LogP contribution in [0.15, 0.2) is 170 Å². The van der Waals surface area contributed by atoms with E-state index in [0.717, 1.165) is 92.2 Å². The summed E-state index contributed by atoms with van der Waals surface area (Å²) in [5.41, 5.74) is 13.4. The molecule has 2 aliphatic rings. The van der Waals surface area contributed by atoms with Gasteiger partial charge in [-0.2, -0.15) is 0 Å². The van der Waals surface area contributed by atoms with Crippen molar-refractivity contribution in [1.29, 1.82) is 0 Å². The first-order chi connectivity index (χ1) is 29.5. The van der Waals surface area contributed by atoms with Gasteiger partial charge in [0.05, 0.1) is 13.2 Å². The molecule has 0 saturated carbocycles. The normalized spacial score (nSPS) is 15.6. The van der Waals surface area contributed by atoms with Crippen LogP contribution < -0.4 is 19.3 Å². The van der Waals surface area contributed by atoms with E-state index in [0.29, 0.717) is 13.2 Å². The van der Waals surface area contributed by atoms with Gasteiger partial charge < -0.3 is 28.7 Å². The van der Waals surface area contributed by atoms with E-state index in [2.05, 4.69) is 194 Å². The van der Waals surface area contributed by atoms with Crippen molar-refractivity contribution < 1.29 is 18.9 Å². The summed E-state index contributed by atoms with van der Waals surface area (Å²) >= 11 is 0. The third-order valence-electron chi connectivity index (χ3n) is 10.7. The number of hydrogen-bond acceptors (Lipinski definition) is 6. The van der Waals surface area contributed by atoms with Crippen molar-refractivity contribution in [1.82, 2.24) is 0 Å². The zero-order valence-electron chi connectivity index (χ0n) is 34.0. The zero-order valence-corrected chi connectivity index (χ0v) is 34.0. The fourth-order valence-corrected chi connectivity index (χ4v) is 7.22. The molecule has 298 valence electrons. The molecule has 7 aromatic carbocycles. The van der Waals surface area contributed by atoms with Crippen molar-refractivity contribution in [2.24, 2.45) is 0 Å². The topological polar surface area (TPSA) is 50.0 Å². The molecule has 9 rings (SSSR count). The Hall–Kier alpha value is -6.86. The smallest absolute Gasteiger partial charge is 0.119 e. The number of anilines is 6. The Labute approximate surface area is 353 Å². The number of para-hydroxylation sites is 2. The van der Waals surface area contributed by atoms with E-state index in [1.165, 1.54) is 0 Å². The number of ether oxygens (including phenoxy) is 4. The van der Waals surface area contributed by atoms with Crippen LogP contribution in [0.2, 0.25) is 0 Å². The Kier molecular flexibility index (Phi) is 11.6. The summed E-state index contributed by atoms with van der Waals surface area (Å²) in [5, 5.41) is 0. The Morgan fingerprint density at radius 3 is 1.07 bits per heavy atom. The van der Waals surface area contributed by atoms with Crippen LogP contribution in [-0.2, 0) is 9.47 Å². The number of aryl methyl sites for hydroxylation is 2. The molecule has 0 aliphatic carbocycles. The molecule has 6 nitrogen and oxygen atoms in total. The number of nitrogens with zero attached hydrogens (tertiary/aromatic N) is 2. The summed E-state index contributed by atoms with van der Waals surface area (Å²) in [6.07, 6.45) is 9.10. The second-order valence-electron chi connectivity index (χ2n) is 15.3. The fraction of sp³-hybridized carbons (Fsp3) is 0.148. The monoisotopic (exact) mass is 788 g/mol. The first-order valence-electron chi connectivity index (χ1n) is 20.6. The van der Waals surface area contributed by atoms with Crippen molar-refractivity contribution >= 4 is 58.4 Å². The molecule has 6 heteroatoms. The highest BCUT2D eigenvalue weighted by molar-refractivity contribution is 5.82. The van der Waals surface area contributed by atoms with Gasteiger partial charge >= 0.3 is 0 Å². The number of benzene rings is 7. The maximum absolute atomic E-state index is 5.96. The summed E-state index contributed by atoms with van der Waals surface area (Å²) < 4.78 is 22.5. The van der Waals surface area contributed by atoms with Crippen LogP contribution in [0.4, 0.5) is 34.1 Å². The van der Waals surface area contributed by atoms with Gasteiger partial charge in [-0.15, -0.1) is 0 Å². The predicted octanol–water partition coefficient (Wildman–Crippen LogP) is 13.1. The molecule has 0 N–H and O–H groups in total. The maximum Gasteiger partial charge on any atom is 0.119 e. The summed E-state index contributed by atoms with van der Waals surface area (Å²) in [7, 11) is 0. The molecule has 0 spiro atoms. The highest BCUT2D eigenvalue weighted by atomic mass is 16.6. The third-order valence-corrected chi connectivity index (χ3v) is 10.7. The Morgan fingerprint density at radius 1 is 0.433 bits per heavy atom. The minimum atomic E-state index is 0.226. The van der Waals surface area contributed by atoms with E-state index in [1.54, 1.807) is 0 Å². The van der Waals surface area contributed by atoms with Crippen LogP contribution in [0.1, 0.15) is 33.4 Å². The molecule has 0 bridgehead atoms. The number of rotatable bonds is 16. The molecular formula is C54H48N2O4. The van der Waals surface area contributed by atoms with Crippen molar-refractivity contribution in [2.45, 2.75) is 26.1 Å². The second-order valence-corrected chi connectivity index (χ2v) is 15.3. The largest absolute Gasteiger partial charge is 0.491 e. The minimum absolute atomic E-state index is 0.226. The van der Waals surface area contributed by atoms with E-state index < -0.39 is 0 Å². The van der Waals surface area contributed by atoms with Crippen molar-refractivity contribution in [3.8, 4) is 11.5 Å². The van der Waals surface area contributed by atoms with Gasteiger partial charge in [0.25, 0.3) is 0 Å². The summed E-state index contributed by atoms with van der Waals surface area (Å²) in [5.74, 6) is 1.72. The van der Waals surface area contributed by atoms with Crippen LogP contribution in [0.3, 0.4) is 0 Å². The van der Waals surface area contributed by atoms with Crippen LogP contribution in [-0.4, -0.2) is 38.6 Å². The molecular weight excluding hydrogens is 741 g/mol. The van der Waals surface area contributed by atoms with Gasteiger partial charge in [-0.25, -0.2) is 0 Å². The van der Waals surface area contributed by atoms with Gasteiger partial charge in [0.1, 0.15) is 36.9 Å². The molecule has 60 heavy (non-hydrogen) atoms. The lowest BCUT2D eigenvalue weighted by atomic mass is 10.1. The highest BCUT2D eigenvalue weighted by Crippen LogP contribution is 2.39. The van der Waals surface area contributed by atoms with E-state index >= 15 is 0 Å². The highest BCUT2D eigenvalue weighted by Gasteiger charge is 2.24. The Bertz CT molecular complexity index is 2380.